The number of nitrogens with zero attached hydrogens (tertiary/aromatic N) is 1. The number of nitrogens with one attached hydrogen (secondary N) is 2. The molecule has 26 heavy (non-hydrogen) atoms. The third kappa shape index (κ3) is 3.72. The number of halogens is 1. The van der Waals surface area contributed by atoms with Crippen LogP contribution in [0.15, 0.2) is 35.2 Å². The molecule has 138 valence electrons. The number of benzene rings is 1. The number of rotatable bonds is 5. The Morgan fingerprint density at radius 3 is 3.04 bits per heavy atom. The molecule has 1 aliphatic carbocycles. The molecule has 2 N–H and O–H groups in total. The van der Waals surface area contributed by atoms with Gasteiger partial charge in [0.1, 0.15) is 5.82 Å². The number of carbonyl (C=O) groups excluding carboxylic acids is 1. The molecule has 7 heteroatoms. The monoisotopic (exact) mass is 359 g/mol. The maximum absolute atomic E-state index is 14.4. The van der Waals surface area contributed by atoms with Gasteiger partial charge in [-0.1, -0.05) is 6.07 Å². The molecular weight excluding hydrogens is 337 g/mol. The number of oxazole rings is 1. The molecule has 1 aromatic carbocycles. The number of carbonyl (C=O) groups is 1. The fourth-order valence-corrected chi connectivity index (χ4v) is 4.16. The van der Waals surface area contributed by atoms with Crippen molar-refractivity contribution >= 4 is 11.8 Å². The van der Waals surface area contributed by atoms with Gasteiger partial charge in [0.15, 0.2) is 18.8 Å². The molecule has 2 fully saturated rings. The topological polar surface area (TPSA) is 76.4 Å². The lowest BCUT2D eigenvalue weighted by Gasteiger charge is -2.45. The predicted octanol–water partition coefficient (Wildman–Crippen LogP) is 3.49. The summed E-state index contributed by atoms with van der Waals surface area (Å²) in [5, 5.41) is 5.94. The molecule has 1 aliphatic heterocycles. The van der Waals surface area contributed by atoms with Crippen molar-refractivity contribution in [2.45, 2.75) is 32.3 Å². The highest BCUT2D eigenvalue weighted by Gasteiger charge is 2.45. The average molecular weight is 359 g/mol. The second kappa shape index (κ2) is 7.07. The first kappa shape index (κ1) is 17.0. The predicted molar refractivity (Wildman–Crippen MR) is 93.1 cm³/mol. The van der Waals surface area contributed by atoms with Crippen LogP contribution in [0.25, 0.3) is 0 Å². The van der Waals surface area contributed by atoms with Crippen molar-refractivity contribution in [2.75, 3.05) is 18.4 Å². The summed E-state index contributed by atoms with van der Waals surface area (Å²) in [4.78, 5) is 15.5. The fourth-order valence-electron chi connectivity index (χ4n) is 4.16. The molecule has 2 aromatic rings. The molecule has 0 unspecified atom stereocenters. The van der Waals surface area contributed by atoms with Crippen LogP contribution in [-0.4, -0.2) is 24.2 Å². The van der Waals surface area contributed by atoms with Crippen molar-refractivity contribution in [1.29, 1.82) is 0 Å². The Kier molecular flexibility index (Phi) is 4.63. The standard InChI is InChI=1S/C19H22FN3O3/c20-17-6-15(23-18(24)25-10-16-9-22-12-26-16)2-1-14(17)5-13-7-19(8-13)3-4-21-11-19/h1-2,6,9,12-13,21H,3-5,7-8,10-11H2,(H,23,24). The summed E-state index contributed by atoms with van der Waals surface area (Å²) in [6.07, 6.45) is 6.41. The highest BCUT2D eigenvalue weighted by atomic mass is 19.1. The van der Waals surface area contributed by atoms with Crippen molar-refractivity contribution in [3.8, 4) is 0 Å². The van der Waals surface area contributed by atoms with Crippen LogP contribution in [0.1, 0.15) is 30.6 Å². The molecule has 1 amide bonds. The molecule has 0 radical (unpaired) electrons. The zero-order valence-electron chi connectivity index (χ0n) is 14.5. The minimum atomic E-state index is -0.664. The molecule has 6 nitrogen and oxygen atoms in total. The molecule has 1 saturated carbocycles. The fraction of sp³-hybridized carbons (Fsp3) is 0.474. The SMILES string of the molecule is O=C(Nc1ccc(CC2CC3(CCNC3)C2)c(F)c1)OCc1cnco1. The second-order valence-electron chi connectivity index (χ2n) is 7.38. The van der Waals surface area contributed by atoms with Gasteiger partial charge in [0.25, 0.3) is 0 Å². The maximum atomic E-state index is 14.4. The Morgan fingerprint density at radius 2 is 2.35 bits per heavy atom. The summed E-state index contributed by atoms with van der Waals surface area (Å²) in [6, 6.07) is 4.80. The quantitative estimate of drug-likeness (QED) is 0.855. The number of hydrogen-bond acceptors (Lipinski definition) is 5. The number of aromatic nitrogens is 1. The van der Waals surface area contributed by atoms with Gasteiger partial charge < -0.3 is 14.5 Å². The van der Waals surface area contributed by atoms with Crippen LogP contribution in [0.5, 0.6) is 0 Å². The lowest BCUT2D eigenvalue weighted by Crippen LogP contribution is -2.39. The van der Waals surface area contributed by atoms with Gasteiger partial charge in [-0.15, -0.1) is 0 Å². The van der Waals surface area contributed by atoms with E-state index >= 15 is 0 Å². The lowest BCUT2D eigenvalue weighted by molar-refractivity contribution is 0.0763. The van der Waals surface area contributed by atoms with Crippen molar-refractivity contribution in [1.82, 2.24) is 10.3 Å². The van der Waals surface area contributed by atoms with Crippen molar-refractivity contribution < 1.29 is 18.3 Å². The zero-order chi connectivity index (χ0) is 18.0. The van der Waals surface area contributed by atoms with E-state index in [4.69, 9.17) is 9.15 Å². The Morgan fingerprint density at radius 1 is 1.46 bits per heavy atom. The van der Waals surface area contributed by atoms with Gasteiger partial charge in [0.05, 0.1) is 6.20 Å². The van der Waals surface area contributed by atoms with E-state index in [2.05, 4.69) is 15.6 Å². The smallest absolute Gasteiger partial charge is 0.412 e. The normalized spacial score (nSPS) is 24.4. The first-order valence-electron chi connectivity index (χ1n) is 8.92. The van der Waals surface area contributed by atoms with E-state index in [1.165, 1.54) is 37.9 Å². The lowest BCUT2D eigenvalue weighted by atomic mass is 9.60. The number of hydrogen-bond donors (Lipinski definition) is 2. The summed E-state index contributed by atoms with van der Waals surface area (Å²) in [5.41, 5.74) is 1.55. The van der Waals surface area contributed by atoms with Gasteiger partial charge in [0.2, 0.25) is 0 Å². The van der Waals surface area contributed by atoms with Crippen LogP contribution in [0.4, 0.5) is 14.9 Å². The molecule has 1 spiro atoms. The van der Waals surface area contributed by atoms with E-state index in [1.807, 2.05) is 0 Å². The van der Waals surface area contributed by atoms with Crippen molar-refractivity contribution in [3.05, 3.63) is 47.9 Å². The molecule has 2 heterocycles. The number of ether oxygens (including phenoxy) is 1. The molecule has 1 saturated heterocycles. The third-order valence-electron chi connectivity index (χ3n) is 5.41. The van der Waals surface area contributed by atoms with E-state index < -0.39 is 6.09 Å². The van der Waals surface area contributed by atoms with Gasteiger partial charge in [-0.2, -0.15) is 0 Å². The van der Waals surface area contributed by atoms with E-state index in [-0.39, 0.29) is 12.4 Å². The van der Waals surface area contributed by atoms with Crippen LogP contribution in [0.3, 0.4) is 0 Å². The number of amides is 1. The minimum absolute atomic E-state index is 0.0231. The zero-order valence-corrected chi connectivity index (χ0v) is 14.5. The van der Waals surface area contributed by atoms with Crippen LogP contribution in [0.2, 0.25) is 0 Å². The van der Waals surface area contributed by atoms with E-state index in [9.17, 15) is 9.18 Å². The van der Waals surface area contributed by atoms with E-state index in [1.54, 1.807) is 12.1 Å². The molecular formula is C19H22FN3O3. The van der Waals surface area contributed by atoms with Crippen molar-refractivity contribution in [3.63, 3.8) is 0 Å². The average Bonchev–Trinajstić information content (AvgIpc) is 3.26. The summed E-state index contributed by atoms with van der Waals surface area (Å²) < 4.78 is 24.3. The molecule has 2 aliphatic rings. The Labute approximate surface area is 151 Å². The highest BCUT2D eigenvalue weighted by molar-refractivity contribution is 5.84. The van der Waals surface area contributed by atoms with E-state index in [0.717, 1.165) is 19.5 Å². The molecule has 4 rings (SSSR count). The van der Waals surface area contributed by atoms with Crippen LogP contribution in [0, 0.1) is 17.2 Å². The van der Waals surface area contributed by atoms with Crippen molar-refractivity contribution in [2.24, 2.45) is 11.3 Å². The Bertz CT molecular complexity index is 764. The largest absolute Gasteiger partial charge is 0.445 e. The minimum Gasteiger partial charge on any atom is -0.445 e. The second-order valence-corrected chi connectivity index (χ2v) is 7.38. The molecule has 0 atom stereocenters. The van der Waals surface area contributed by atoms with Gasteiger partial charge in [-0.25, -0.2) is 14.2 Å². The molecule has 1 aromatic heterocycles. The maximum Gasteiger partial charge on any atom is 0.412 e. The van der Waals surface area contributed by atoms with Crippen LogP contribution >= 0.6 is 0 Å². The summed E-state index contributed by atoms with van der Waals surface area (Å²) >= 11 is 0. The summed E-state index contributed by atoms with van der Waals surface area (Å²) in [6.45, 7) is 2.18. The van der Waals surface area contributed by atoms with Crippen LogP contribution < -0.4 is 10.6 Å². The Hall–Kier alpha value is -2.41. The molecule has 0 bridgehead atoms. The van der Waals surface area contributed by atoms with Gasteiger partial charge >= 0.3 is 6.09 Å². The number of anilines is 1. The Balaban J connectivity index is 1.28. The first-order chi connectivity index (χ1) is 12.6. The van der Waals surface area contributed by atoms with Crippen LogP contribution in [-0.2, 0) is 17.8 Å². The first-order valence-corrected chi connectivity index (χ1v) is 8.92. The summed E-state index contributed by atoms with van der Waals surface area (Å²) in [5.74, 6) is 0.705. The van der Waals surface area contributed by atoms with Gasteiger partial charge in [0, 0.05) is 12.2 Å². The highest BCUT2D eigenvalue weighted by Crippen LogP contribution is 2.50. The summed E-state index contributed by atoms with van der Waals surface area (Å²) in [7, 11) is 0. The van der Waals surface area contributed by atoms with Gasteiger partial charge in [-0.05, 0) is 61.3 Å². The van der Waals surface area contributed by atoms with Gasteiger partial charge in [-0.3, -0.25) is 5.32 Å². The third-order valence-corrected chi connectivity index (χ3v) is 5.41. The van der Waals surface area contributed by atoms with E-state index in [0.29, 0.717) is 28.3 Å².